The maximum Gasteiger partial charge on any atom is 0.296 e. The summed E-state index contributed by atoms with van der Waals surface area (Å²) in [6, 6.07) is 15.9. The minimum absolute atomic E-state index is 0. The standard InChI is InChI=1S/C46H34Cl2N18O20S6.6Na/c47-39-57-43(51-21-5-7-29(31(13-21)53-41(49)67)63-65-33-17-25-19(11-37(33)91(81,82)83)9-23(87(69,70)71)15-35(25)89(75,76)77)61-45(59-39)55-27-3-1-2-4-28(27)56-46-60-40(48)58-44(62-46)52-22-6-8-30(32(14-22)54-42(50)68)64-66-34-18-26-20(12-38(34)92(84,85)86)10-24(88(72,73)74)16-36(26)90(78,79)80;;;;;;/h1-18H,(H3,49,53,67)(H3,50,54,68)(H,69,70,71)(H,72,73,74)(H,75,76,77)(H,78,79,80)(H,81,82,83)(H,84,85,86)(H2,51,55,57,59,61)(H2,52,56,58,60,62);;;;;;. The predicted molar refractivity (Wildman–Crippen MR) is 354 cm³/mol. The number of aliphatic hydroxyl groups is 2. The average Bonchev–Trinajstić information content (AvgIpc) is 0.760. The molecule has 0 aliphatic carbocycles. The number of hydrogen-bond acceptors (Lipinski definition) is 24. The summed E-state index contributed by atoms with van der Waals surface area (Å²) in [6.07, 6.45) is 0. The van der Waals surface area contributed by atoms with Crippen LogP contribution in [0.15, 0.2) is 179 Å². The van der Waals surface area contributed by atoms with E-state index >= 15 is 0 Å². The number of aromatic amines is 4. The topological polar surface area (TPSA) is 626 Å². The molecule has 98 heavy (non-hydrogen) atoms. The van der Waals surface area contributed by atoms with Gasteiger partial charge in [0.1, 0.15) is 42.3 Å². The van der Waals surface area contributed by atoms with Crippen LogP contribution in [0.2, 0.25) is 10.6 Å². The van der Waals surface area contributed by atoms with Gasteiger partial charge < -0.3 is 30.8 Å². The van der Waals surface area contributed by atoms with Gasteiger partial charge in [0.2, 0.25) is 33.0 Å². The minimum atomic E-state index is -5.28. The first-order valence-corrected chi connectivity index (χ1v) is 33.4. The van der Waals surface area contributed by atoms with E-state index in [1.165, 1.54) is 48.5 Å². The van der Waals surface area contributed by atoms with E-state index in [2.05, 4.69) is 81.0 Å². The van der Waals surface area contributed by atoms with Gasteiger partial charge in [-0.25, -0.2) is 20.0 Å². The van der Waals surface area contributed by atoms with E-state index < -0.39 is 135 Å². The monoisotopic (exact) mass is 1560 g/mol. The Morgan fingerprint density at radius 3 is 1.02 bits per heavy atom. The van der Waals surface area contributed by atoms with Crippen molar-refractivity contribution in [2.45, 2.75) is 29.4 Å². The number of nitrogens with zero attached hydrogens (tertiary/aromatic N) is 10. The zero-order chi connectivity index (χ0) is 67.2. The number of fused-ring (bicyclic) bond motifs is 2. The van der Waals surface area contributed by atoms with Gasteiger partial charge in [0.15, 0.2) is 0 Å². The number of aromatic nitrogens is 6. The van der Waals surface area contributed by atoms with Gasteiger partial charge in [-0.15, -0.1) is 20.5 Å². The van der Waals surface area contributed by atoms with Crippen LogP contribution in [0.3, 0.4) is 0 Å². The number of benzene rings is 7. The third-order valence-corrected chi connectivity index (χ3v) is 17.3. The molecule has 0 saturated carbocycles. The third-order valence-electron chi connectivity index (χ3n) is 11.8. The molecule has 0 fully saturated rings. The second-order valence-corrected chi connectivity index (χ2v) is 27.2. The van der Waals surface area contributed by atoms with Crippen molar-refractivity contribution in [1.29, 1.82) is 10.8 Å². The number of para-hydroxylation sites is 2. The SMILES string of the molecule is N=C(O)Nc1cc(N=c2nc(Cl)[nH]c(=Nc3ccccc3N=c3[nH]c(Cl)nc(=Nc4ccc(N=Nc5cc6c(S(=O)(=O)O)cc(S(=O)(=O)O)cc6cc5S(=O)(=O)O)c(NC(=N)O)c4)[nH]3)[nH]2)ccc1N=Nc1cc2c(S(=O)(=O)O)cc(S(=O)(=O)O)cc2cc1S(=O)(=O)O.[Na].[Na].[Na].[Na].[Na].[Na]. The number of amidine groups is 2. The number of H-pyrrole nitrogens is 4. The van der Waals surface area contributed by atoms with Crippen LogP contribution in [-0.2, 0) is 60.7 Å². The molecule has 0 unspecified atom stereocenters. The molecule has 0 amide bonds. The van der Waals surface area contributed by atoms with Crippen molar-refractivity contribution >= 4 is 352 Å². The molecule has 9 rings (SSSR count). The molecule has 0 spiro atoms. The van der Waals surface area contributed by atoms with E-state index in [1.807, 2.05) is 0 Å². The van der Waals surface area contributed by atoms with Crippen molar-refractivity contribution in [3.8, 4) is 0 Å². The number of rotatable bonds is 16. The Bertz CT molecular complexity index is 5470. The molecule has 0 saturated heterocycles. The fourth-order valence-electron chi connectivity index (χ4n) is 8.09. The van der Waals surface area contributed by atoms with Crippen LogP contribution >= 0.6 is 23.2 Å². The molecule has 2 aromatic heterocycles. The summed E-state index contributed by atoms with van der Waals surface area (Å²) in [6.45, 7) is 0. The van der Waals surface area contributed by atoms with E-state index in [4.69, 9.17) is 34.0 Å². The second-order valence-electron chi connectivity index (χ2n) is 18.1. The van der Waals surface area contributed by atoms with E-state index in [9.17, 15) is 88.0 Å². The molecule has 0 bridgehead atoms. The number of aliphatic hydroxyl groups excluding tert-OH is 2. The van der Waals surface area contributed by atoms with Crippen LogP contribution in [0.1, 0.15) is 0 Å². The maximum atomic E-state index is 12.5. The Labute approximate surface area is 693 Å². The molecule has 9 aromatic rings. The predicted octanol–water partition coefficient (Wildman–Crippen LogP) is 4.17. The Kier molecular flexibility index (Phi) is 31.5. The maximum absolute atomic E-state index is 12.5. The van der Waals surface area contributed by atoms with Crippen molar-refractivity contribution in [3.63, 3.8) is 0 Å². The fraction of sp³-hybridized carbons (Fsp3) is 0. The summed E-state index contributed by atoms with van der Waals surface area (Å²) in [5.74, 6) is 0. The number of nitrogens with one attached hydrogen (secondary N) is 8. The zero-order valence-electron chi connectivity index (χ0n) is 50.5. The van der Waals surface area contributed by atoms with Gasteiger partial charge in [0.25, 0.3) is 72.8 Å². The van der Waals surface area contributed by atoms with Crippen LogP contribution in [0.5, 0.6) is 0 Å². The summed E-state index contributed by atoms with van der Waals surface area (Å²) in [5, 5.41) is 52.5. The summed E-state index contributed by atoms with van der Waals surface area (Å²) in [7, 11) is -31.4. The van der Waals surface area contributed by atoms with Gasteiger partial charge in [0.05, 0.1) is 43.9 Å². The first-order chi connectivity index (χ1) is 42.7. The molecule has 16 N–H and O–H groups in total. The molecule has 52 heteroatoms. The van der Waals surface area contributed by atoms with Gasteiger partial charge in [-0.2, -0.15) is 60.5 Å². The number of anilines is 2. The Balaban J connectivity index is 0.00000417. The van der Waals surface area contributed by atoms with Crippen molar-refractivity contribution in [3.05, 3.63) is 142 Å². The average molecular weight is 1560 g/mol. The van der Waals surface area contributed by atoms with Crippen LogP contribution in [0.4, 0.5) is 56.9 Å². The Morgan fingerprint density at radius 1 is 0.388 bits per heavy atom. The van der Waals surface area contributed by atoms with Crippen molar-refractivity contribution in [2.75, 3.05) is 10.6 Å². The fourth-order valence-corrected chi connectivity index (χ4v) is 12.4. The van der Waals surface area contributed by atoms with Crippen LogP contribution in [0.25, 0.3) is 21.5 Å². The van der Waals surface area contributed by atoms with Crippen LogP contribution in [-0.4, -0.2) is 307 Å². The van der Waals surface area contributed by atoms with Gasteiger partial charge in [-0.05, 0) is 131 Å². The molecule has 0 aliphatic heterocycles. The molecule has 6 radical (unpaired) electrons. The normalized spacial score (nSPS) is 12.8. The molecule has 7 aromatic carbocycles. The van der Waals surface area contributed by atoms with E-state index in [-0.39, 0.29) is 256 Å². The summed E-state index contributed by atoms with van der Waals surface area (Å²) >= 11 is 12.7. The summed E-state index contributed by atoms with van der Waals surface area (Å²) in [5.41, 5.74) is -2.89. The van der Waals surface area contributed by atoms with Crippen molar-refractivity contribution in [2.24, 2.45) is 40.4 Å². The minimum Gasteiger partial charge on any atom is -0.481 e. The number of azo groups is 2. The van der Waals surface area contributed by atoms with E-state index in [0.29, 0.717) is 36.4 Å². The molecule has 0 atom stereocenters. The van der Waals surface area contributed by atoms with E-state index in [0.717, 1.165) is 12.1 Å². The van der Waals surface area contributed by atoms with Gasteiger partial charge in [0, 0.05) is 188 Å². The van der Waals surface area contributed by atoms with Crippen LogP contribution in [0, 0.1) is 10.8 Å². The first-order valence-electron chi connectivity index (χ1n) is 24.0. The second kappa shape index (κ2) is 35.0. The molecular weight excluding hydrogens is 1530 g/mol. The van der Waals surface area contributed by atoms with Gasteiger partial charge in [-0.3, -0.25) is 48.1 Å². The van der Waals surface area contributed by atoms with Crippen LogP contribution < -0.4 is 33.1 Å². The molecular formula is C46H34Cl2N18Na6O20S6. The molecule has 38 nitrogen and oxygen atoms in total. The zero-order valence-corrected chi connectivity index (χ0v) is 69.0. The van der Waals surface area contributed by atoms with Gasteiger partial charge >= 0.3 is 0 Å². The quantitative estimate of drug-likeness (QED) is 0.0212. The molecule has 2 heterocycles. The van der Waals surface area contributed by atoms with E-state index in [1.54, 1.807) is 12.1 Å². The first kappa shape index (κ1) is 88.3. The van der Waals surface area contributed by atoms with Gasteiger partial charge in [-0.1, -0.05) is 12.1 Å². The molecule has 0 aliphatic rings. The third kappa shape index (κ3) is 22.8. The van der Waals surface area contributed by atoms with Crippen molar-refractivity contribution in [1.82, 2.24) is 29.9 Å². The number of halogens is 2. The Hall–Kier alpha value is -3.94. The Morgan fingerprint density at radius 2 is 0.714 bits per heavy atom. The summed E-state index contributed by atoms with van der Waals surface area (Å²) in [4.78, 5) is 30.6. The smallest absolute Gasteiger partial charge is 0.296 e. The number of hydrogen-bond donors (Lipinski definition) is 16. The largest absolute Gasteiger partial charge is 0.481 e. The molecule has 484 valence electrons. The van der Waals surface area contributed by atoms with Crippen molar-refractivity contribution < 1.29 is 88.0 Å². The summed E-state index contributed by atoms with van der Waals surface area (Å²) < 4.78 is 206.